The van der Waals surface area contributed by atoms with Crippen molar-refractivity contribution in [2.75, 3.05) is 0 Å². The zero-order valence-corrected chi connectivity index (χ0v) is 12.9. The van der Waals surface area contributed by atoms with Crippen LogP contribution < -0.4 is 0 Å². The van der Waals surface area contributed by atoms with E-state index in [-0.39, 0.29) is 0 Å². The summed E-state index contributed by atoms with van der Waals surface area (Å²) in [7, 11) is 0. The van der Waals surface area contributed by atoms with Crippen LogP contribution in [0.25, 0.3) is 16.7 Å². The maximum atomic E-state index is 4.55. The molecular weight excluding hydrogens is 272 g/mol. The van der Waals surface area contributed by atoms with E-state index in [2.05, 4.69) is 33.3 Å². The van der Waals surface area contributed by atoms with E-state index in [1.54, 1.807) is 0 Å². The number of rotatable bonds is 2. The highest BCUT2D eigenvalue weighted by Crippen LogP contribution is 2.75. The van der Waals surface area contributed by atoms with E-state index in [0.29, 0.717) is 5.41 Å². The lowest BCUT2D eigenvalue weighted by molar-refractivity contribution is 0.834. The summed E-state index contributed by atoms with van der Waals surface area (Å²) in [6.45, 7) is 3.92. The Balaban J connectivity index is 1.65. The zero-order chi connectivity index (χ0) is 14.9. The number of fused-ring (bicyclic) bond motifs is 1. The number of hydrogen-bond donors (Lipinski definition) is 0. The molecule has 0 aliphatic heterocycles. The molecule has 2 aliphatic rings. The zero-order valence-electron chi connectivity index (χ0n) is 12.9. The largest absolute Gasteiger partial charge is 0.238 e. The van der Waals surface area contributed by atoms with E-state index in [9.17, 15) is 0 Å². The molecule has 2 aromatic heterocycles. The van der Waals surface area contributed by atoms with Gasteiger partial charge in [0.25, 0.3) is 0 Å². The molecule has 0 saturated heterocycles. The number of benzene rings is 1. The van der Waals surface area contributed by atoms with Gasteiger partial charge in [-0.2, -0.15) is 5.10 Å². The third-order valence-electron chi connectivity index (χ3n) is 5.25. The van der Waals surface area contributed by atoms with E-state index in [1.807, 2.05) is 30.8 Å². The van der Waals surface area contributed by atoms with Gasteiger partial charge in [0.15, 0.2) is 5.82 Å². The molecule has 5 rings (SSSR count). The lowest BCUT2D eigenvalue weighted by atomic mass is 10.1. The van der Waals surface area contributed by atoms with Crippen LogP contribution in [0.5, 0.6) is 0 Å². The van der Waals surface area contributed by atoms with E-state index >= 15 is 0 Å². The van der Waals surface area contributed by atoms with Crippen LogP contribution in [-0.4, -0.2) is 19.7 Å². The van der Waals surface area contributed by atoms with E-state index in [1.165, 1.54) is 30.2 Å². The molecule has 0 radical (unpaired) electrons. The summed E-state index contributed by atoms with van der Waals surface area (Å²) in [6.07, 6.45) is 6.13. The van der Waals surface area contributed by atoms with Crippen LogP contribution in [0.3, 0.4) is 0 Å². The molecule has 2 saturated carbocycles. The van der Waals surface area contributed by atoms with Crippen LogP contribution in [0.2, 0.25) is 0 Å². The Kier molecular flexibility index (Phi) is 2.21. The molecule has 110 valence electrons. The molecule has 1 aromatic carbocycles. The molecule has 2 fully saturated rings. The minimum Gasteiger partial charge on any atom is -0.238 e. The van der Waals surface area contributed by atoms with Crippen molar-refractivity contribution in [1.29, 1.82) is 0 Å². The van der Waals surface area contributed by atoms with Crippen molar-refractivity contribution in [2.24, 2.45) is 5.41 Å². The standard InChI is InChI=1S/C18H18N4/c1-11-7-17(21-12(2)20-11)22-16-8-13(3-4-14(16)10-19-22)15-9-18(15)5-6-18/h3-4,7-8,10,15H,5-6,9H2,1-2H3. The summed E-state index contributed by atoms with van der Waals surface area (Å²) in [5.41, 5.74) is 4.27. The van der Waals surface area contributed by atoms with Crippen LogP contribution in [-0.2, 0) is 0 Å². The topological polar surface area (TPSA) is 43.6 Å². The Morgan fingerprint density at radius 1 is 1.14 bits per heavy atom. The van der Waals surface area contributed by atoms with Gasteiger partial charge in [-0.1, -0.05) is 12.1 Å². The van der Waals surface area contributed by atoms with Crippen LogP contribution in [0.15, 0.2) is 30.5 Å². The molecule has 1 unspecified atom stereocenters. The van der Waals surface area contributed by atoms with Crippen molar-refractivity contribution < 1.29 is 0 Å². The fraction of sp³-hybridized carbons (Fsp3) is 0.389. The Morgan fingerprint density at radius 3 is 2.73 bits per heavy atom. The number of hydrogen-bond acceptors (Lipinski definition) is 3. The summed E-state index contributed by atoms with van der Waals surface area (Å²) < 4.78 is 1.95. The second kappa shape index (κ2) is 3.94. The highest BCUT2D eigenvalue weighted by Gasteiger charge is 2.62. The van der Waals surface area contributed by atoms with Gasteiger partial charge in [-0.05, 0) is 56.1 Å². The van der Waals surface area contributed by atoms with Crippen LogP contribution in [0, 0.1) is 19.3 Å². The van der Waals surface area contributed by atoms with E-state index < -0.39 is 0 Å². The molecule has 22 heavy (non-hydrogen) atoms. The highest BCUT2D eigenvalue weighted by molar-refractivity contribution is 5.81. The fourth-order valence-electron chi connectivity index (χ4n) is 3.77. The van der Waals surface area contributed by atoms with E-state index in [0.717, 1.165) is 28.8 Å². The molecule has 2 heterocycles. The first kappa shape index (κ1) is 12.3. The molecular formula is C18H18N4. The first-order valence-electron chi connectivity index (χ1n) is 7.95. The van der Waals surface area contributed by atoms with E-state index in [4.69, 9.17) is 0 Å². The first-order chi connectivity index (χ1) is 10.6. The van der Waals surface area contributed by atoms with Crippen molar-refractivity contribution in [3.05, 3.63) is 47.5 Å². The first-order valence-corrected chi connectivity index (χ1v) is 7.95. The Bertz CT molecular complexity index is 884. The summed E-state index contributed by atoms with van der Waals surface area (Å²) in [6, 6.07) is 8.78. The molecule has 3 aromatic rings. The summed E-state index contributed by atoms with van der Waals surface area (Å²) in [5, 5.41) is 5.72. The Labute approximate surface area is 129 Å². The monoisotopic (exact) mass is 290 g/mol. The average molecular weight is 290 g/mol. The van der Waals surface area contributed by atoms with Crippen LogP contribution >= 0.6 is 0 Å². The van der Waals surface area contributed by atoms with Gasteiger partial charge in [0.05, 0.1) is 11.7 Å². The predicted molar refractivity (Wildman–Crippen MR) is 85.2 cm³/mol. The van der Waals surface area contributed by atoms with Gasteiger partial charge in [-0.25, -0.2) is 14.6 Å². The third kappa shape index (κ3) is 1.73. The molecule has 4 nitrogen and oxygen atoms in total. The maximum absolute atomic E-state index is 4.55. The van der Waals surface area contributed by atoms with Crippen molar-refractivity contribution in [2.45, 2.75) is 39.0 Å². The molecule has 1 spiro atoms. The smallest absolute Gasteiger partial charge is 0.157 e. The lowest BCUT2D eigenvalue weighted by Gasteiger charge is -2.06. The van der Waals surface area contributed by atoms with Gasteiger partial charge in [-0.15, -0.1) is 0 Å². The summed E-state index contributed by atoms with van der Waals surface area (Å²) in [4.78, 5) is 8.90. The predicted octanol–water partition coefficient (Wildman–Crippen LogP) is 3.70. The molecule has 0 N–H and O–H groups in total. The minimum absolute atomic E-state index is 0.681. The number of aryl methyl sites for hydroxylation is 2. The second-order valence-electron chi connectivity index (χ2n) is 6.91. The third-order valence-corrected chi connectivity index (χ3v) is 5.25. The van der Waals surface area contributed by atoms with Gasteiger partial charge in [0.2, 0.25) is 0 Å². The molecule has 2 aliphatic carbocycles. The van der Waals surface area contributed by atoms with Crippen molar-refractivity contribution in [1.82, 2.24) is 19.7 Å². The SMILES string of the molecule is Cc1cc(-n2ncc3ccc(C4CC45CC5)cc32)nc(C)n1. The van der Waals surface area contributed by atoms with Gasteiger partial charge in [-0.3, -0.25) is 0 Å². The number of nitrogens with zero attached hydrogens (tertiary/aromatic N) is 4. The lowest BCUT2D eigenvalue weighted by Crippen LogP contribution is -2.03. The van der Waals surface area contributed by atoms with Gasteiger partial charge < -0.3 is 0 Å². The van der Waals surface area contributed by atoms with Crippen LogP contribution in [0.4, 0.5) is 0 Å². The number of aromatic nitrogens is 4. The van der Waals surface area contributed by atoms with Crippen molar-refractivity contribution in [3.8, 4) is 5.82 Å². The summed E-state index contributed by atoms with van der Waals surface area (Å²) >= 11 is 0. The molecule has 4 heteroatoms. The summed E-state index contributed by atoms with van der Waals surface area (Å²) in [5.74, 6) is 2.41. The maximum Gasteiger partial charge on any atom is 0.157 e. The van der Waals surface area contributed by atoms with Crippen molar-refractivity contribution >= 4 is 10.9 Å². The van der Waals surface area contributed by atoms with Gasteiger partial charge >= 0.3 is 0 Å². The Morgan fingerprint density at radius 2 is 2.00 bits per heavy atom. The van der Waals surface area contributed by atoms with Crippen LogP contribution in [0.1, 0.15) is 42.3 Å². The highest BCUT2D eigenvalue weighted by atomic mass is 15.3. The van der Waals surface area contributed by atoms with Gasteiger partial charge in [0.1, 0.15) is 5.82 Å². The quantitative estimate of drug-likeness (QED) is 0.723. The normalized spacial score (nSPS) is 21.5. The molecule has 0 bridgehead atoms. The minimum atomic E-state index is 0.681. The van der Waals surface area contributed by atoms with Crippen molar-refractivity contribution in [3.63, 3.8) is 0 Å². The second-order valence-corrected chi connectivity index (χ2v) is 6.91. The Hall–Kier alpha value is -2.23. The fourth-order valence-corrected chi connectivity index (χ4v) is 3.77. The van der Waals surface area contributed by atoms with Gasteiger partial charge in [0, 0.05) is 17.1 Å². The molecule has 1 atom stereocenters. The average Bonchev–Trinajstić information content (AvgIpc) is 3.37. The molecule has 0 amide bonds.